The van der Waals surface area contributed by atoms with E-state index in [-0.39, 0.29) is 0 Å². The van der Waals surface area contributed by atoms with Crippen molar-refractivity contribution in [3.8, 4) is 0 Å². The SMILES string of the molecule is Cc1c(C2CCNC2)cnn1C. The molecule has 1 aromatic heterocycles. The smallest absolute Gasteiger partial charge is 0.0527 e. The van der Waals surface area contributed by atoms with Crippen molar-refractivity contribution in [3.63, 3.8) is 0 Å². The summed E-state index contributed by atoms with van der Waals surface area (Å²) in [5.41, 5.74) is 2.73. The highest BCUT2D eigenvalue weighted by Gasteiger charge is 2.19. The highest BCUT2D eigenvalue weighted by molar-refractivity contribution is 5.22. The zero-order valence-electron chi connectivity index (χ0n) is 7.67. The second kappa shape index (κ2) is 2.90. The van der Waals surface area contributed by atoms with Gasteiger partial charge in [-0.2, -0.15) is 5.10 Å². The van der Waals surface area contributed by atoms with E-state index in [0.717, 1.165) is 13.1 Å². The van der Waals surface area contributed by atoms with E-state index in [1.54, 1.807) is 0 Å². The Morgan fingerprint density at radius 3 is 3.00 bits per heavy atom. The van der Waals surface area contributed by atoms with E-state index >= 15 is 0 Å². The topological polar surface area (TPSA) is 29.9 Å². The van der Waals surface area contributed by atoms with Crippen LogP contribution in [0, 0.1) is 6.92 Å². The van der Waals surface area contributed by atoms with Crippen molar-refractivity contribution in [2.75, 3.05) is 13.1 Å². The fraction of sp³-hybridized carbons (Fsp3) is 0.667. The lowest BCUT2D eigenvalue weighted by Crippen LogP contribution is -2.08. The first-order valence-corrected chi connectivity index (χ1v) is 4.48. The fourth-order valence-corrected chi connectivity index (χ4v) is 1.84. The Labute approximate surface area is 72.8 Å². The number of rotatable bonds is 1. The van der Waals surface area contributed by atoms with E-state index in [1.807, 2.05) is 17.9 Å². The molecular formula is C9H15N3. The van der Waals surface area contributed by atoms with Gasteiger partial charge >= 0.3 is 0 Å². The third kappa shape index (κ3) is 1.14. The first kappa shape index (κ1) is 7.80. The third-order valence-corrected chi connectivity index (χ3v) is 2.77. The highest BCUT2D eigenvalue weighted by Crippen LogP contribution is 2.24. The number of hydrogen-bond donors (Lipinski definition) is 1. The van der Waals surface area contributed by atoms with Crippen LogP contribution in [-0.4, -0.2) is 22.9 Å². The van der Waals surface area contributed by atoms with Crippen LogP contribution >= 0.6 is 0 Å². The minimum atomic E-state index is 0.693. The van der Waals surface area contributed by atoms with Gasteiger partial charge in [0.2, 0.25) is 0 Å². The summed E-state index contributed by atoms with van der Waals surface area (Å²) in [6.07, 6.45) is 3.26. The maximum atomic E-state index is 4.25. The molecule has 0 spiro atoms. The predicted octanol–water partition coefficient (Wildman–Crippen LogP) is 0.805. The first-order chi connectivity index (χ1) is 5.79. The van der Waals surface area contributed by atoms with Crippen molar-refractivity contribution in [1.82, 2.24) is 15.1 Å². The minimum absolute atomic E-state index is 0.693. The molecule has 12 heavy (non-hydrogen) atoms. The number of nitrogens with one attached hydrogen (secondary N) is 1. The summed E-state index contributed by atoms with van der Waals surface area (Å²) in [5, 5.41) is 7.62. The molecule has 66 valence electrons. The molecule has 0 aliphatic carbocycles. The van der Waals surface area contributed by atoms with E-state index in [9.17, 15) is 0 Å². The Hall–Kier alpha value is -0.830. The third-order valence-electron chi connectivity index (χ3n) is 2.77. The van der Waals surface area contributed by atoms with Gasteiger partial charge in [-0.05, 0) is 25.5 Å². The lowest BCUT2D eigenvalue weighted by molar-refractivity contribution is 0.721. The standard InChI is InChI=1S/C9H15N3/c1-7-9(6-11-12(7)2)8-3-4-10-5-8/h6,8,10H,3-5H2,1-2H3. The van der Waals surface area contributed by atoms with Gasteiger partial charge in [-0.15, -0.1) is 0 Å². The van der Waals surface area contributed by atoms with Crippen molar-refractivity contribution < 1.29 is 0 Å². The second-order valence-corrected chi connectivity index (χ2v) is 3.50. The van der Waals surface area contributed by atoms with Crippen LogP contribution in [0.5, 0.6) is 0 Å². The Morgan fingerprint density at radius 2 is 2.50 bits per heavy atom. The van der Waals surface area contributed by atoms with Crippen LogP contribution in [0.2, 0.25) is 0 Å². The molecular weight excluding hydrogens is 150 g/mol. The van der Waals surface area contributed by atoms with Gasteiger partial charge in [0.25, 0.3) is 0 Å². The van der Waals surface area contributed by atoms with Gasteiger partial charge in [-0.1, -0.05) is 0 Å². The summed E-state index contributed by atoms with van der Waals surface area (Å²) < 4.78 is 1.95. The molecule has 0 radical (unpaired) electrons. The molecule has 0 bridgehead atoms. The molecule has 1 unspecified atom stereocenters. The van der Waals surface area contributed by atoms with Gasteiger partial charge in [-0.25, -0.2) is 0 Å². The summed E-state index contributed by atoms with van der Waals surface area (Å²) in [4.78, 5) is 0. The predicted molar refractivity (Wildman–Crippen MR) is 48.2 cm³/mol. The van der Waals surface area contributed by atoms with Crippen LogP contribution in [0.4, 0.5) is 0 Å². The number of aromatic nitrogens is 2. The second-order valence-electron chi connectivity index (χ2n) is 3.50. The summed E-state index contributed by atoms with van der Waals surface area (Å²) in [6, 6.07) is 0. The Bertz CT molecular complexity index is 271. The summed E-state index contributed by atoms with van der Waals surface area (Å²) in [6.45, 7) is 4.41. The van der Waals surface area contributed by atoms with E-state index in [2.05, 4.69) is 17.3 Å². The van der Waals surface area contributed by atoms with Gasteiger partial charge in [0.05, 0.1) is 6.20 Å². The van der Waals surface area contributed by atoms with Crippen LogP contribution in [0.25, 0.3) is 0 Å². The van der Waals surface area contributed by atoms with Crippen molar-refractivity contribution in [1.29, 1.82) is 0 Å². The summed E-state index contributed by atoms with van der Waals surface area (Å²) in [7, 11) is 2.00. The molecule has 3 heteroatoms. The van der Waals surface area contributed by atoms with Crippen LogP contribution in [0.15, 0.2) is 6.20 Å². The van der Waals surface area contributed by atoms with Crippen LogP contribution in [-0.2, 0) is 7.05 Å². The lowest BCUT2D eigenvalue weighted by atomic mass is 10.00. The van der Waals surface area contributed by atoms with Gasteiger partial charge < -0.3 is 5.32 Å². The molecule has 2 heterocycles. The summed E-state index contributed by atoms with van der Waals surface area (Å²) in [5.74, 6) is 0.693. The zero-order chi connectivity index (χ0) is 8.55. The maximum absolute atomic E-state index is 4.25. The highest BCUT2D eigenvalue weighted by atomic mass is 15.3. The van der Waals surface area contributed by atoms with E-state index in [4.69, 9.17) is 0 Å². The van der Waals surface area contributed by atoms with Crippen LogP contribution < -0.4 is 5.32 Å². The van der Waals surface area contributed by atoms with Crippen molar-refractivity contribution in [2.45, 2.75) is 19.3 Å². The normalized spacial score (nSPS) is 23.3. The van der Waals surface area contributed by atoms with E-state index in [1.165, 1.54) is 17.7 Å². The molecule has 1 saturated heterocycles. The number of hydrogen-bond acceptors (Lipinski definition) is 2. The van der Waals surface area contributed by atoms with Gasteiger partial charge in [-0.3, -0.25) is 4.68 Å². The molecule has 1 aromatic rings. The van der Waals surface area contributed by atoms with Crippen molar-refractivity contribution >= 4 is 0 Å². The Balaban J connectivity index is 2.26. The van der Waals surface area contributed by atoms with Crippen LogP contribution in [0.3, 0.4) is 0 Å². The average Bonchev–Trinajstić information content (AvgIpc) is 2.64. The molecule has 2 rings (SSSR count). The number of nitrogens with zero attached hydrogens (tertiary/aromatic N) is 2. The van der Waals surface area contributed by atoms with Gasteiger partial charge in [0, 0.05) is 25.2 Å². The molecule has 1 fully saturated rings. The van der Waals surface area contributed by atoms with Crippen molar-refractivity contribution in [2.24, 2.45) is 7.05 Å². The maximum Gasteiger partial charge on any atom is 0.0527 e. The molecule has 3 nitrogen and oxygen atoms in total. The minimum Gasteiger partial charge on any atom is -0.316 e. The van der Waals surface area contributed by atoms with Gasteiger partial charge in [0.15, 0.2) is 0 Å². The Morgan fingerprint density at radius 1 is 1.67 bits per heavy atom. The molecule has 1 aliphatic heterocycles. The molecule has 1 N–H and O–H groups in total. The summed E-state index contributed by atoms with van der Waals surface area (Å²) >= 11 is 0. The molecule has 1 aliphatic rings. The number of aryl methyl sites for hydroxylation is 1. The lowest BCUT2D eigenvalue weighted by Gasteiger charge is -2.06. The van der Waals surface area contributed by atoms with Gasteiger partial charge in [0.1, 0.15) is 0 Å². The molecule has 1 atom stereocenters. The fourth-order valence-electron chi connectivity index (χ4n) is 1.84. The Kier molecular flexibility index (Phi) is 1.89. The average molecular weight is 165 g/mol. The molecule has 0 aromatic carbocycles. The monoisotopic (exact) mass is 165 g/mol. The molecule has 0 saturated carbocycles. The zero-order valence-corrected chi connectivity index (χ0v) is 7.67. The van der Waals surface area contributed by atoms with Crippen molar-refractivity contribution in [3.05, 3.63) is 17.5 Å². The van der Waals surface area contributed by atoms with Crippen LogP contribution in [0.1, 0.15) is 23.6 Å². The van der Waals surface area contributed by atoms with E-state index in [0.29, 0.717) is 5.92 Å². The molecule has 0 amide bonds. The quantitative estimate of drug-likeness (QED) is 0.667. The largest absolute Gasteiger partial charge is 0.316 e. The first-order valence-electron chi connectivity index (χ1n) is 4.48. The van der Waals surface area contributed by atoms with E-state index < -0.39 is 0 Å².